The zero-order chi connectivity index (χ0) is 28.9. The zero-order valence-electron chi connectivity index (χ0n) is 24.0. The Morgan fingerprint density at radius 2 is 1.76 bits per heavy atom. The van der Waals surface area contributed by atoms with Gasteiger partial charge in [0.15, 0.2) is 0 Å². The summed E-state index contributed by atoms with van der Waals surface area (Å²) in [7, 11) is 0. The van der Waals surface area contributed by atoms with Gasteiger partial charge in [0.1, 0.15) is 11.6 Å². The molecule has 2 saturated heterocycles. The van der Waals surface area contributed by atoms with Crippen LogP contribution in [-0.4, -0.2) is 59.5 Å². The number of hydrogen-bond donors (Lipinski definition) is 2. The number of fused-ring (bicyclic) bond motifs is 1. The Bertz CT molecular complexity index is 1550. The van der Waals surface area contributed by atoms with Crippen LogP contribution in [0.15, 0.2) is 66.9 Å². The molecule has 6 rings (SSSR count). The molecule has 42 heavy (non-hydrogen) atoms. The molecule has 0 spiro atoms. The van der Waals surface area contributed by atoms with Gasteiger partial charge in [-0.3, -0.25) is 4.79 Å². The number of ether oxygens (including phenoxy) is 1. The van der Waals surface area contributed by atoms with Gasteiger partial charge in [0.2, 0.25) is 11.8 Å². The summed E-state index contributed by atoms with van der Waals surface area (Å²) < 4.78 is 20.8. The molecule has 9 heteroatoms. The maximum absolute atomic E-state index is 14.5. The van der Waals surface area contributed by atoms with Gasteiger partial charge in [0.05, 0.1) is 0 Å². The van der Waals surface area contributed by atoms with E-state index >= 15 is 0 Å². The number of likely N-dealkylation sites (tertiary alicyclic amines) is 1. The molecule has 2 aliphatic rings. The molecule has 2 fully saturated rings. The van der Waals surface area contributed by atoms with Crippen molar-refractivity contribution in [1.29, 1.82) is 0 Å². The van der Waals surface area contributed by atoms with Crippen LogP contribution in [0.25, 0.3) is 10.8 Å². The van der Waals surface area contributed by atoms with Gasteiger partial charge >= 0.3 is 0 Å². The average molecular weight is 569 g/mol. The molecular weight excluding hydrogens is 531 g/mol. The van der Waals surface area contributed by atoms with Gasteiger partial charge in [-0.2, -0.15) is 4.98 Å². The molecule has 218 valence electrons. The van der Waals surface area contributed by atoms with E-state index in [1.165, 1.54) is 18.6 Å². The molecule has 2 N–H and O–H groups in total. The third kappa shape index (κ3) is 6.46. The lowest BCUT2D eigenvalue weighted by molar-refractivity contribution is 0.102. The number of hydrogen-bond acceptors (Lipinski definition) is 7. The maximum Gasteiger partial charge on any atom is 0.255 e. The van der Waals surface area contributed by atoms with E-state index < -0.39 is 5.82 Å². The fourth-order valence-electron chi connectivity index (χ4n) is 5.86. The summed E-state index contributed by atoms with van der Waals surface area (Å²) in [5.41, 5.74) is 1.66. The Morgan fingerprint density at radius 1 is 0.976 bits per heavy atom. The Balaban J connectivity index is 1.19. The number of nitrogens with zero attached hydrogens (tertiary/aromatic N) is 4. The van der Waals surface area contributed by atoms with Gasteiger partial charge in [0, 0.05) is 72.2 Å². The van der Waals surface area contributed by atoms with Crippen molar-refractivity contribution >= 4 is 34.0 Å². The highest BCUT2D eigenvalue weighted by Gasteiger charge is 2.20. The van der Waals surface area contributed by atoms with E-state index in [1.54, 1.807) is 18.3 Å². The number of aromatic nitrogens is 2. The number of halogens is 1. The van der Waals surface area contributed by atoms with Crippen molar-refractivity contribution < 1.29 is 13.9 Å². The van der Waals surface area contributed by atoms with E-state index in [4.69, 9.17) is 4.74 Å². The van der Waals surface area contributed by atoms with Crippen LogP contribution in [-0.2, 0) is 0 Å². The van der Waals surface area contributed by atoms with Gasteiger partial charge in [0.25, 0.3) is 5.91 Å². The third-order valence-corrected chi connectivity index (χ3v) is 8.21. The van der Waals surface area contributed by atoms with Crippen LogP contribution < -0.4 is 20.3 Å². The first-order valence-corrected chi connectivity index (χ1v) is 14.9. The number of rotatable bonds is 8. The zero-order valence-corrected chi connectivity index (χ0v) is 24.0. The van der Waals surface area contributed by atoms with E-state index in [9.17, 15) is 9.18 Å². The highest BCUT2D eigenvalue weighted by Crippen LogP contribution is 2.34. The highest BCUT2D eigenvalue weighted by atomic mass is 19.1. The molecule has 1 amide bonds. The second kappa shape index (κ2) is 12.7. The number of benzene rings is 3. The number of carbonyl (C=O) groups is 1. The summed E-state index contributed by atoms with van der Waals surface area (Å²) in [5.74, 6) is 0.826. The highest BCUT2D eigenvalue weighted by molar-refractivity contribution is 6.10. The lowest BCUT2D eigenvalue weighted by Crippen LogP contribution is -2.39. The Morgan fingerprint density at radius 3 is 2.55 bits per heavy atom. The van der Waals surface area contributed by atoms with Crippen molar-refractivity contribution in [2.75, 3.05) is 48.3 Å². The lowest BCUT2D eigenvalue weighted by atomic mass is 10.1. The van der Waals surface area contributed by atoms with Crippen molar-refractivity contribution in [3.63, 3.8) is 0 Å². The summed E-state index contributed by atoms with van der Waals surface area (Å²) in [6, 6.07) is 18.0. The molecule has 0 aliphatic carbocycles. The van der Waals surface area contributed by atoms with E-state index in [0.717, 1.165) is 74.9 Å². The van der Waals surface area contributed by atoms with Crippen molar-refractivity contribution in [3.8, 4) is 11.6 Å². The third-order valence-electron chi connectivity index (χ3n) is 8.21. The number of piperidine rings is 2. The number of carbonyl (C=O) groups excluding carboxylic acids is 1. The van der Waals surface area contributed by atoms with Crippen LogP contribution in [0.2, 0.25) is 0 Å². The molecule has 0 atom stereocenters. The summed E-state index contributed by atoms with van der Waals surface area (Å²) >= 11 is 0. The quantitative estimate of drug-likeness (QED) is 0.245. The monoisotopic (exact) mass is 568 g/mol. The van der Waals surface area contributed by atoms with Gasteiger partial charge in [-0.1, -0.05) is 31.2 Å². The Kier molecular flexibility index (Phi) is 8.46. The molecule has 0 saturated carbocycles. The van der Waals surface area contributed by atoms with Crippen LogP contribution in [0.5, 0.6) is 11.6 Å². The van der Waals surface area contributed by atoms with Crippen LogP contribution >= 0.6 is 0 Å². The minimum absolute atomic E-state index is 0.293. The summed E-state index contributed by atoms with van der Waals surface area (Å²) in [6.45, 7) is 7.15. The molecular formula is C33H37FN6O2. The smallest absolute Gasteiger partial charge is 0.255 e. The Hall–Kier alpha value is -4.24. The van der Waals surface area contributed by atoms with Gasteiger partial charge in [-0.15, -0.1) is 0 Å². The van der Waals surface area contributed by atoms with E-state index in [2.05, 4.69) is 37.3 Å². The van der Waals surface area contributed by atoms with Gasteiger partial charge in [-0.05, 0) is 69.0 Å². The maximum atomic E-state index is 14.5. The molecule has 8 nitrogen and oxygen atoms in total. The molecule has 0 bridgehead atoms. The van der Waals surface area contributed by atoms with Crippen LogP contribution in [0.3, 0.4) is 0 Å². The molecule has 0 radical (unpaired) electrons. The van der Waals surface area contributed by atoms with Crippen LogP contribution in [0.4, 0.5) is 21.7 Å². The minimum atomic E-state index is -0.415. The largest absolute Gasteiger partial charge is 0.438 e. The predicted molar refractivity (Wildman–Crippen MR) is 165 cm³/mol. The first kappa shape index (κ1) is 27.9. The van der Waals surface area contributed by atoms with E-state index in [1.807, 2.05) is 36.4 Å². The van der Waals surface area contributed by atoms with Crippen molar-refractivity contribution in [3.05, 3.63) is 78.2 Å². The fraction of sp³-hybridized carbons (Fsp3) is 0.364. The van der Waals surface area contributed by atoms with Gasteiger partial charge < -0.3 is 25.2 Å². The molecule has 4 aromatic rings. The summed E-state index contributed by atoms with van der Waals surface area (Å²) in [4.78, 5) is 26.9. The number of nitrogens with one attached hydrogen (secondary N) is 2. The van der Waals surface area contributed by atoms with Crippen LogP contribution in [0.1, 0.15) is 49.4 Å². The topological polar surface area (TPSA) is 82.6 Å². The lowest BCUT2D eigenvalue weighted by Gasteiger charge is -2.31. The summed E-state index contributed by atoms with van der Waals surface area (Å²) in [6.07, 6.45) is 7.12. The molecule has 3 aromatic carbocycles. The second-order valence-corrected chi connectivity index (χ2v) is 11.0. The first-order chi connectivity index (χ1) is 20.6. The minimum Gasteiger partial charge on any atom is -0.438 e. The van der Waals surface area contributed by atoms with Crippen molar-refractivity contribution in [1.82, 2.24) is 14.9 Å². The van der Waals surface area contributed by atoms with Gasteiger partial charge in [-0.25, -0.2) is 9.37 Å². The van der Waals surface area contributed by atoms with Crippen LogP contribution in [0, 0.1) is 5.82 Å². The normalized spacial score (nSPS) is 16.4. The molecule has 3 heterocycles. The summed E-state index contributed by atoms with van der Waals surface area (Å²) in [5, 5.41) is 8.08. The fourth-order valence-corrected chi connectivity index (χ4v) is 5.86. The standard InChI is InChI=1S/C33H37FN6O2/c1-2-39-18-13-25(14-19-39)36-33-35-15-12-31(38-33)42-30-11-10-29(27-8-4-5-9-28(27)30)37-32(41)23-20-24(34)22-26(21-23)40-16-6-3-7-17-40/h4-5,8-12,15,20-22,25H,2-3,6-7,13-14,16-19H2,1H3,(H,37,41)(H,35,36,38). The molecule has 2 aliphatic heterocycles. The SMILES string of the molecule is CCN1CCC(Nc2nccc(Oc3ccc(NC(=O)c4cc(F)cc(N5CCCCC5)c4)c4ccccc34)n2)CC1. The van der Waals surface area contributed by atoms with E-state index in [0.29, 0.717) is 34.9 Å². The molecule has 0 unspecified atom stereocenters. The average Bonchev–Trinajstić information content (AvgIpc) is 3.03. The van der Waals surface area contributed by atoms with Crippen molar-refractivity contribution in [2.45, 2.75) is 45.1 Å². The number of amides is 1. The first-order valence-electron chi connectivity index (χ1n) is 14.9. The molecule has 1 aromatic heterocycles. The van der Waals surface area contributed by atoms with Crippen molar-refractivity contribution in [2.24, 2.45) is 0 Å². The number of anilines is 3. The predicted octanol–water partition coefficient (Wildman–Crippen LogP) is 6.70. The second-order valence-electron chi connectivity index (χ2n) is 11.0. The van der Waals surface area contributed by atoms with E-state index in [-0.39, 0.29) is 5.91 Å². The Labute approximate surface area is 245 Å².